The highest BCUT2D eigenvalue weighted by molar-refractivity contribution is 5.92. The number of ether oxygens (including phenoxy) is 1. The Hall–Kier alpha value is -2.76. The minimum Gasteiger partial charge on any atom is -0.444 e. The van der Waals surface area contributed by atoms with E-state index >= 15 is 0 Å². The molecule has 21 heavy (non-hydrogen) atoms. The quantitative estimate of drug-likeness (QED) is 0.871. The first-order valence-corrected chi connectivity index (χ1v) is 6.16. The number of carbonyl (C=O) groups excluding carboxylic acids is 2. The molecule has 2 N–H and O–H groups in total. The zero-order valence-corrected chi connectivity index (χ0v) is 11.2. The number of aromatic nitrogens is 1. The first kappa shape index (κ1) is 14.6. The molecule has 6 heteroatoms. The number of esters is 1. The van der Waals surface area contributed by atoms with Gasteiger partial charge in [-0.25, -0.2) is 9.18 Å². The number of rotatable bonds is 4. The van der Waals surface area contributed by atoms with E-state index in [9.17, 15) is 14.0 Å². The molecule has 1 heterocycles. The third kappa shape index (κ3) is 3.62. The Kier molecular flexibility index (Phi) is 4.27. The Morgan fingerprint density at radius 3 is 2.38 bits per heavy atom. The van der Waals surface area contributed by atoms with E-state index in [-0.39, 0.29) is 5.56 Å². The fourth-order valence-corrected chi connectivity index (χ4v) is 1.69. The summed E-state index contributed by atoms with van der Waals surface area (Å²) in [7, 11) is 0. The van der Waals surface area contributed by atoms with Crippen LogP contribution < -0.4 is 5.73 Å². The van der Waals surface area contributed by atoms with Gasteiger partial charge in [0, 0.05) is 17.5 Å². The lowest BCUT2D eigenvalue weighted by Crippen LogP contribution is -2.26. The molecule has 1 aromatic carbocycles. The number of nitrogens with zero attached hydrogens (tertiary/aromatic N) is 1. The highest BCUT2D eigenvalue weighted by Gasteiger charge is 2.23. The van der Waals surface area contributed by atoms with Crippen LogP contribution in [0.15, 0.2) is 42.6 Å². The van der Waals surface area contributed by atoms with Crippen LogP contribution in [0.25, 0.3) is 0 Å². The molecule has 1 aromatic heterocycles. The van der Waals surface area contributed by atoms with Crippen molar-refractivity contribution in [3.63, 3.8) is 0 Å². The van der Waals surface area contributed by atoms with Gasteiger partial charge in [0.2, 0.25) is 6.10 Å². The number of hydrogen-bond acceptors (Lipinski definition) is 4. The Bertz CT molecular complexity index is 654. The number of primary amides is 1. The van der Waals surface area contributed by atoms with Gasteiger partial charge in [-0.2, -0.15) is 0 Å². The average molecular weight is 288 g/mol. The van der Waals surface area contributed by atoms with Gasteiger partial charge in [0.05, 0.1) is 5.56 Å². The zero-order chi connectivity index (χ0) is 15.4. The molecule has 0 aliphatic heterocycles. The monoisotopic (exact) mass is 288 g/mol. The number of carbonyl (C=O) groups is 2. The molecule has 0 radical (unpaired) electrons. The number of nitrogens with two attached hydrogens (primary N) is 1. The highest BCUT2D eigenvalue weighted by atomic mass is 19.1. The highest BCUT2D eigenvalue weighted by Crippen LogP contribution is 2.19. The van der Waals surface area contributed by atoms with E-state index in [4.69, 9.17) is 10.5 Å². The van der Waals surface area contributed by atoms with Gasteiger partial charge in [0.1, 0.15) is 5.82 Å². The van der Waals surface area contributed by atoms with Gasteiger partial charge in [0.25, 0.3) is 5.91 Å². The van der Waals surface area contributed by atoms with Gasteiger partial charge >= 0.3 is 5.97 Å². The molecule has 2 aromatic rings. The van der Waals surface area contributed by atoms with Crippen LogP contribution in [0.2, 0.25) is 0 Å². The number of aryl methyl sites for hydroxylation is 1. The lowest BCUT2D eigenvalue weighted by atomic mass is 10.1. The Morgan fingerprint density at radius 2 is 1.86 bits per heavy atom. The molecule has 1 atom stereocenters. The maximum Gasteiger partial charge on any atom is 0.340 e. The molecule has 0 bridgehead atoms. The van der Waals surface area contributed by atoms with Crippen LogP contribution in [0.5, 0.6) is 0 Å². The van der Waals surface area contributed by atoms with Crippen LogP contribution in [0, 0.1) is 12.7 Å². The summed E-state index contributed by atoms with van der Waals surface area (Å²) < 4.78 is 18.0. The molecule has 1 amide bonds. The molecule has 0 spiro atoms. The second kappa shape index (κ2) is 6.13. The molecule has 1 unspecified atom stereocenters. The van der Waals surface area contributed by atoms with Crippen LogP contribution in [-0.2, 0) is 9.53 Å². The van der Waals surface area contributed by atoms with Gasteiger partial charge in [-0.15, -0.1) is 0 Å². The summed E-state index contributed by atoms with van der Waals surface area (Å²) in [4.78, 5) is 27.4. The smallest absolute Gasteiger partial charge is 0.340 e. The van der Waals surface area contributed by atoms with Crippen molar-refractivity contribution in [1.82, 2.24) is 4.98 Å². The van der Waals surface area contributed by atoms with Crippen molar-refractivity contribution in [2.75, 3.05) is 0 Å². The summed E-state index contributed by atoms with van der Waals surface area (Å²) in [6.07, 6.45) is 0.0693. The summed E-state index contributed by atoms with van der Waals surface area (Å²) in [5.74, 6) is -2.03. The van der Waals surface area contributed by atoms with Crippen LogP contribution in [0.1, 0.15) is 27.7 Å². The van der Waals surface area contributed by atoms with Crippen LogP contribution >= 0.6 is 0 Å². The fraction of sp³-hybridized carbons (Fsp3) is 0.133. The largest absolute Gasteiger partial charge is 0.444 e. The molecule has 0 saturated heterocycles. The summed E-state index contributed by atoms with van der Waals surface area (Å²) in [6.45, 7) is 1.78. The Morgan fingerprint density at radius 1 is 1.19 bits per heavy atom. The van der Waals surface area contributed by atoms with Gasteiger partial charge in [-0.3, -0.25) is 9.78 Å². The van der Waals surface area contributed by atoms with Gasteiger partial charge in [-0.05, 0) is 31.2 Å². The van der Waals surface area contributed by atoms with Gasteiger partial charge in [0.15, 0.2) is 0 Å². The van der Waals surface area contributed by atoms with E-state index in [0.717, 1.165) is 17.8 Å². The van der Waals surface area contributed by atoms with Crippen molar-refractivity contribution in [2.24, 2.45) is 5.73 Å². The number of halogens is 1. The first-order chi connectivity index (χ1) is 9.97. The van der Waals surface area contributed by atoms with Crippen molar-refractivity contribution < 1.29 is 18.7 Å². The third-order valence-electron chi connectivity index (χ3n) is 2.80. The maximum absolute atomic E-state index is 12.9. The standard InChI is InChI=1S/C15H13FN2O3/c1-9-2-3-11(8-18-9)15(20)21-13(14(17)19)10-4-6-12(16)7-5-10/h2-8,13H,1H3,(H2,17,19). The molecule has 108 valence electrons. The molecule has 2 rings (SSSR count). The van der Waals surface area contributed by atoms with E-state index in [1.54, 1.807) is 13.0 Å². The van der Waals surface area contributed by atoms with Crippen molar-refractivity contribution >= 4 is 11.9 Å². The lowest BCUT2D eigenvalue weighted by Gasteiger charge is -2.15. The predicted molar refractivity (Wildman–Crippen MR) is 72.7 cm³/mol. The van der Waals surface area contributed by atoms with Crippen molar-refractivity contribution in [3.05, 3.63) is 65.2 Å². The van der Waals surface area contributed by atoms with Gasteiger partial charge < -0.3 is 10.5 Å². The second-order valence-electron chi connectivity index (χ2n) is 4.43. The van der Waals surface area contributed by atoms with Crippen LogP contribution in [0.4, 0.5) is 4.39 Å². The molecule has 5 nitrogen and oxygen atoms in total. The summed E-state index contributed by atoms with van der Waals surface area (Å²) in [5, 5.41) is 0. The molecular weight excluding hydrogens is 275 g/mol. The van der Waals surface area contributed by atoms with E-state index in [1.807, 2.05) is 0 Å². The number of hydrogen-bond donors (Lipinski definition) is 1. The first-order valence-electron chi connectivity index (χ1n) is 6.16. The van der Waals surface area contributed by atoms with Crippen LogP contribution in [0.3, 0.4) is 0 Å². The van der Waals surface area contributed by atoms with Crippen molar-refractivity contribution in [1.29, 1.82) is 0 Å². The van der Waals surface area contributed by atoms with E-state index in [0.29, 0.717) is 5.56 Å². The minimum atomic E-state index is -1.28. The maximum atomic E-state index is 12.9. The average Bonchev–Trinajstić information content (AvgIpc) is 2.46. The number of amides is 1. The topological polar surface area (TPSA) is 82.3 Å². The Balaban J connectivity index is 2.20. The van der Waals surface area contributed by atoms with E-state index < -0.39 is 23.8 Å². The van der Waals surface area contributed by atoms with E-state index in [1.165, 1.54) is 24.4 Å². The van der Waals surface area contributed by atoms with Crippen molar-refractivity contribution in [2.45, 2.75) is 13.0 Å². The number of pyridine rings is 1. The molecular formula is C15H13FN2O3. The third-order valence-corrected chi connectivity index (χ3v) is 2.80. The van der Waals surface area contributed by atoms with Gasteiger partial charge in [-0.1, -0.05) is 12.1 Å². The van der Waals surface area contributed by atoms with Crippen molar-refractivity contribution in [3.8, 4) is 0 Å². The minimum absolute atomic E-state index is 0.203. The molecule has 0 aliphatic rings. The lowest BCUT2D eigenvalue weighted by molar-refractivity contribution is -0.127. The summed E-state index contributed by atoms with van der Waals surface area (Å²) in [5.41, 5.74) is 6.48. The fourth-order valence-electron chi connectivity index (χ4n) is 1.69. The molecule has 0 saturated carbocycles. The predicted octanol–water partition coefficient (Wildman–Crippen LogP) is 1.91. The number of benzene rings is 1. The second-order valence-corrected chi connectivity index (χ2v) is 4.43. The van der Waals surface area contributed by atoms with E-state index in [2.05, 4.69) is 4.98 Å². The van der Waals surface area contributed by atoms with Crippen LogP contribution in [-0.4, -0.2) is 16.9 Å². The molecule has 0 aliphatic carbocycles. The zero-order valence-electron chi connectivity index (χ0n) is 11.2. The summed E-state index contributed by atoms with van der Waals surface area (Å²) in [6, 6.07) is 8.18. The summed E-state index contributed by atoms with van der Waals surface area (Å²) >= 11 is 0. The SMILES string of the molecule is Cc1ccc(C(=O)OC(C(N)=O)c2ccc(F)cc2)cn1. The normalized spacial score (nSPS) is 11.7. The molecule has 0 fully saturated rings. The Labute approximate surface area is 120 Å².